The molecule has 2 aromatic rings. The summed E-state index contributed by atoms with van der Waals surface area (Å²) in [4.78, 5) is 35.0. The van der Waals surface area contributed by atoms with Gasteiger partial charge in [-0.05, 0) is 49.4 Å². The number of hydrogen-bond acceptors (Lipinski definition) is 4. The number of thioether (sulfide) groups is 1. The van der Waals surface area contributed by atoms with E-state index in [1.807, 2.05) is 0 Å². The van der Waals surface area contributed by atoms with Crippen molar-refractivity contribution >= 4 is 40.9 Å². The molecule has 0 fully saturated rings. The second-order valence-corrected chi connectivity index (χ2v) is 6.86. The maximum Gasteiger partial charge on any atom is 0.328 e. The molecule has 3 N–H and O–H groups in total. The standard InChI is InChI=1S/C19H17FN2O4S/c1-12(19(26)22-14-7-5-13(20)6-8-14)27-16-4-2-3-15(11-16)21-17(23)9-10-18(24)25/h2-12H,1H3,(H,21,23)(H,22,26)(H,24,25)/b10-9+. The predicted molar refractivity (Wildman–Crippen MR) is 102 cm³/mol. The van der Waals surface area contributed by atoms with Crippen molar-refractivity contribution < 1.29 is 23.9 Å². The molecule has 1 atom stereocenters. The van der Waals surface area contributed by atoms with Gasteiger partial charge in [-0.2, -0.15) is 0 Å². The smallest absolute Gasteiger partial charge is 0.328 e. The number of carbonyl (C=O) groups excluding carboxylic acids is 2. The van der Waals surface area contributed by atoms with Crippen molar-refractivity contribution in [2.24, 2.45) is 0 Å². The Morgan fingerprint density at radius 3 is 2.41 bits per heavy atom. The van der Waals surface area contributed by atoms with E-state index in [2.05, 4.69) is 10.6 Å². The second-order valence-electron chi connectivity index (χ2n) is 5.44. The number of aliphatic carboxylic acids is 1. The van der Waals surface area contributed by atoms with Crippen LogP contribution in [0.15, 0.2) is 65.6 Å². The number of anilines is 2. The van der Waals surface area contributed by atoms with E-state index < -0.39 is 17.1 Å². The Bertz CT molecular complexity index is 868. The maximum absolute atomic E-state index is 12.9. The summed E-state index contributed by atoms with van der Waals surface area (Å²) >= 11 is 1.28. The summed E-state index contributed by atoms with van der Waals surface area (Å²) in [6, 6.07) is 12.3. The fourth-order valence-corrected chi connectivity index (χ4v) is 2.94. The minimum Gasteiger partial charge on any atom is -0.478 e. The summed E-state index contributed by atoms with van der Waals surface area (Å²) in [5.41, 5.74) is 0.978. The van der Waals surface area contributed by atoms with Crippen LogP contribution in [0.25, 0.3) is 0 Å². The average Bonchev–Trinajstić information content (AvgIpc) is 2.62. The lowest BCUT2D eigenvalue weighted by Crippen LogP contribution is -2.22. The Balaban J connectivity index is 1.96. The lowest BCUT2D eigenvalue weighted by atomic mass is 10.3. The van der Waals surface area contributed by atoms with Crippen LogP contribution >= 0.6 is 11.8 Å². The molecule has 0 spiro atoms. The molecule has 0 aliphatic rings. The SMILES string of the molecule is CC(Sc1cccc(NC(=O)/C=C/C(=O)O)c1)C(=O)Nc1ccc(F)cc1. The summed E-state index contributed by atoms with van der Waals surface area (Å²) in [6.07, 6.45) is 1.66. The van der Waals surface area contributed by atoms with Crippen molar-refractivity contribution in [2.45, 2.75) is 17.1 Å². The highest BCUT2D eigenvalue weighted by Gasteiger charge is 2.15. The molecule has 6 nitrogen and oxygen atoms in total. The Morgan fingerprint density at radius 1 is 1.04 bits per heavy atom. The second kappa shape index (κ2) is 9.54. The molecule has 2 rings (SSSR count). The van der Waals surface area contributed by atoms with Crippen LogP contribution < -0.4 is 10.6 Å². The van der Waals surface area contributed by atoms with Crippen LogP contribution in [0.3, 0.4) is 0 Å². The third kappa shape index (κ3) is 6.95. The predicted octanol–water partition coefficient (Wildman–Crippen LogP) is 3.52. The number of amides is 2. The monoisotopic (exact) mass is 388 g/mol. The van der Waals surface area contributed by atoms with Gasteiger partial charge in [-0.1, -0.05) is 6.07 Å². The molecule has 2 aromatic carbocycles. The van der Waals surface area contributed by atoms with E-state index in [0.29, 0.717) is 11.4 Å². The first kappa shape index (κ1) is 20.2. The molecule has 0 saturated carbocycles. The van der Waals surface area contributed by atoms with Crippen LogP contribution in [0, 0.1) is 5.82 Å². The van der Waals surface area contributed by atoms with Crippen LogP contribution in [0.1, 0.15) is 6.92 Å². The number of benzene rings is 2. The van der Waals surface area contributed by atoms with Crippen LogP contribution in [0.4, 0.5) is 15.8 Å². The molecule has 0 radical (unpaired) electrons. The Labute approximate surface area is 159 Å². The topological polar surface area (TPSA) is 95.5 Å². The van der Waals surface area contributed by atoms with Crippen LogP contribution in [-0.4, -0.2) is 28.1 Å². The number of carboxylic acids is 1. The molecular weight excluding hydrogens is 371 g/mol. The normalized spacial score (nSPS) is 11.8. The Hall–Kier alpha value is -3.13. The molecule has 2 amide bonds. The fraction of sp³-hybridized carbons (Fsp3) is 0.105. The van der Waals surface area contributed by atoms with Crippen LogP contribution in [0.5, 0.6) is 0 Å². The van der Waals surface area contributed by atoms with Crippen LogP contribution in [-0.2, 0) is 14.4 Å². The zero-order valence-electron chi connectivity index (χ0n) is 14.3. The van der Waals surface area contributed by atoms with E-state index in [9.17, 15) is 18.8 Å². The minimum atomic E-state index is -1.21. The van der Waals surface area contributed by atoms with Gasteiger partial charge in [0.1, 0.15) is 5.82 Å². The van der Waals surface area contributed by atoms with Gasteiger partial charge in [-0.3, -0.25) is 9.59 Å². The molecule has 0 saturated heterocycles. The van der Waals surface area contributed by atoms with Gasteiger partial charge in [0.15, 0.2) is 0 Å². The molecule has 0 aliphatic carbocycles. The Morgan fingerprint density at radius 2 is 1.74 bits per heavy atom. The molecule has 8 heteroatoms. The summed E-state index contributed by atoms with van der Waals surface area (Å²) in [5.74, 6) is -2.41. The Kier molecular flexibility index (Phi) is 7.13. The van der Waals surface area contributed by atoms with E-state index in [1.54, 1.807) is 31.2 Å². The first-order valence-corrected chi connectivity index (χ1v) is 8.76. The highest BCUT2D eigenvalue weighted by atomic mass is 32.2. The van der Waals surface area contributed by atoms with Gasteiger partial charge in [-0.15, -0.1) is 11.8 Å². The van der Waals surface area contributed by atoms with Crippen molar-refractivity contribution in [3.05, 3.63) is 66.5 Å². The molecule has 0 aliphatic heterocycles. The van der Waals surface area contributed by atoms with E-state index in [4.69, 9.17) is 5.11 Å². The molecule has 0 heterocycles. The van der Waals surface area contributed by atoms with Gasteiger partial charge in [0.05, 0.1) is 5.25 Å². The highest BCUT2D eigenvalue weighted by molar-refractivity contribution is 8.00. The maximum atomic E-state index is 12.9. The van der Waals surface area contributed by atoms with Gasteiger partial charge < -0.3 is 15.7 Å². The van der Waals surface area contributed by atoms with Crippen molar-refractivity contribution in [2.75, 3.05) is 10.6 Å². The lowest BCUT2D eigenvalue weighted by Gasteiger charge is -2.13. The average molecular weight is 388 g/mol. The van der Waals surface area contributed by atoms with Crippen LogP contribution in [0.2, 0.25) is 0 Å². The number of carbonyl (C=O) groups is 3. The quantitative estimate of drug-likeness (QED) is 0.498. The summed E-state index contributed by atoms with van der Waals surface area (Å²) in [6.45, 7) is 1.73. The number of carboxylic acid groups (broad SMARTS) is 1. The number of rotatable bonds is 7. The molecule has 1 unspecified atom stereocenters. The van der Waals surface area contributed by atoms with E-state index in [1.165, 1.54) is 36.0 Å². The fourth-order valence-electron chi connectivity index (χ4n) is 2.01. The zero-order valence-corrected chi connectivity index (χ0v) is 15.1. The molecular formula is C19H17FN2O4S. The lowest BCUT2D eigenvalue weighted by molar-refractivity contribution is -0.131. The largest absolute Gasteiger partial charge is 0.478 e. The van der Waals surface area contributed by atoms with Gasteiger partial charge in [-0.25, -0.2) is 9.18 Å². The number of nitrogens with one attached hydrogen (secondary N) is 2. The van der Waals surface area contributed by atoms with E-state index >= 15 is 0 Å². The van der Waals surface area contributed by atoms with Gasteiger partial charge >= 0.3 is 5.97 Å². The molecule has 27 heavy (non-hydrogen) atoms. The minimum absolute atomic E-state index is 0.245. The molecule has 140 valence electrons. The van der Waals surface area contributed by atoms with Crippen molar-refractivity contribution in [1.29, 1.82) is 0 Å². The highest BCUT2D eigenvalue weighted by Crippen LogP contribution is 2.26. The van der Waals surface area contributed by atoms with E-state index in [0.717, 1.165) is 17.0 Å². The first-order chi connectivity index (χ1) is 12.8. The molecule has 0 bridgehead atoms. The van der Waals surface area contributed by atoms with Gasteiger partial charge in [0, 0.05) is 28.4 Å². The van der Waals surface area contributed by atoms with Crippen molar-refractivity contribution in [3.8, 4) is 0 Å². The van der Waals surface area contributed by atoms with Gasteiger partial charge in [0.2, 0.25) is 11.8 Å². The van der Waals surface area contributed by atoms with E-state index in [-0.39, 0.29) is 11.7 Å². The third-order valence-electron chi connectivity index (χ3n) is 3.27. The zero-order chi connectivity index (χ0) is 19.8. The van der Waals surface area contributed by atoms with Crippen molar-refractivity contribution in [1.82, 2.24) is 0 Å². The summed E-state index contributed by atoms with van der Waals surface area (Å²) in [5, 5.41) is 13.3. The molecule has 0 aromatic heterocycles. The van der Waals surface area contributed by atoms with Gasteiger partial charge in [0.25, 0.3) is 0 Å². The third-order valence-corrected chi connectivity index (χ3v) is 4.37. The van der Waals surface area contributed by atoms with Crippen molar-refractivity contribution in [3.63, 3.8) is 0 Å². The number of hydrogen-bond donors (Lipinski definition) is 3. The number of halogens is 1. The first-order valence-electron chi connectivity index (χ1n) is 7.88. The summed E-state index contributed by atoms with van der Waals surface area (Å²) in [7, 11) is 0. The summed E-state index contributed by atoms with van der Waals surface area (Å²) < 4.78 is 12.9.